The largest absolute Gasteiger partial charge is 0.399 e. The number of nitrogen functional groups attached to an aromatic ring is 1. The first-order valence-electron chi connectivity index (χ1n) is 6.20. The van der Waals surface area contributed by atoms with E-state index in [1.165, 1.54) is 0 Å². The van der Waals surface area contributed by atoms with Gasteiger partial charge in [-0.15, -0.1) is 0 Å². The highest BCUT2D eigenvalue weighted by Gasteiger charge is 2.07. The number of hydrogen-bond donors (Lipinski definition) is 1. The lowest BCUT2D eigenvalue weighted by Crippen LogP contribution is -1.85. The lowest BCUT2D eigenvalue weighted by molar-refractivity contribution is 0.411. The van der Waals surface area contributed by atoms with Crippen LogP contribution in [-0.4, -0.2) is 15.1 Å². The van der Waals surface area contributed by atoms with Gasteiger partial charge in [0, 0.05) is 22.4 Å². The Kier molecular flexibility index (Phi) is 3.79. The third kappa shape index (κ3) is 3.35. The zero-order chi connectivity index (χ0) is 14.7. The maximum absolute atomic E-state index is 5.72. The molecule has 0 aliphatic carbocycles. The summed E-state index contributed by atoms with van der Waals surface area (Å²) in [5.41, 5.74) is 8.06. The molecule has 2 heterocycles. The van der Waals surface area contributed by atoms with Crippen molar-refractivity contribution in [1.29, 1.82) is 0 Å². The Morgan fingerprint density at radius 1 is 1.14 bits per heavy atom. The smallest absolute Gasteiger partial charge is 0.251 e. The van der Waals surface area contributed by atoms with Crippen LogP contribution in [0, 0.1) is 0 Å². The van der Waals surface area contributed by atoms with E-state index in [1.54, 1.807) is 12.3 Å². The van der Waals surface area contributed by atoms with E-state index in [0.717, 1.165) is 10.0 Å². The molecular weight excluding hydrogens is 332 g/mol. The van der Waals surface area contributed by atoms with Crippen LogP contribution in [0.15, 0.2) is 51.6 Å². The molecule has 2 N–H and O–H groups in total. The molecule has 1 aromatic carbocycles. The Hall–Kier alpha value is -2.47. The summed E-state index contributed by atoms with van der Waals surface area (Å²) < 4.78 is 6.07. The lowest BCUT2D eigenvalue weighted by Gasteiger charge is -1.94. The van der Waals surface area contributed by atoms with Crippen LogP contribution in [0.25, 0.3) is 23.7 Å². The second kappa shape index (κ2) is 5.88. The standard InChI is InChI=1S/C15H11BrN4O/c16-11-5-6-13(18-9-11)15-19-14(21-20-15)7-4-10-2-1-3-12(17)8-10/h1-9H,17H2/b7-4+. The van der Waals surface area contributed by atoms with Gasteiger partial charge in [-0.05, 0) is 51.8 Å². The van der Waals surface area contributed by atoms with Gasteiger partial charge in [0.15, 0.2) is 0 Å². The molecule has 104 valence electrons. The number of hydrogen-bond acceptors (Lipinski definition) is 5. The normalized spacial score (nSPS) is 11.1. The van der Waals surface area contributed by atoms with Gasteiger partial charge in [-0.3, -0.25) is 4.98 Å². The van der Waals surface area contributed by atoms with E-state index in [4.69, 9.17) is 10.3 Å². The molecule has 0 saturated carbocycles. The summed E-state index contributed by atoms with van der Waals surface area (Å²) in [5, 5.41) is 3.91. The van der Waals surface area contributed by atoms with Crippen molar-refractivity contribution in [3.05, 3.63) is 58.5 Å². The third-order valence-corrected chi connectivity index (χ3v) is 3.20. The van der Waals surface area contributed by atoms with Gasteiger partial charge in [-0.2, -0.15) is 4.98 Å². The van der Waals surface area contributed by atoms with Crippen molar-refractivity contribution in [1.82, 2.24) is 15.1 Å². The van der Waals surface area contributed by atoms with Gasteiger partial charge in [0.05, 0.1) is 0 Å². The molecule has 0 saturated heterocycles. The number of anilines is 1. The van der Waals surface area contributed by atoms with E-state index >= 15 is 0 Å². The van der Waals surface area contributed by atoms with E-state index < -0.39 is 0 Å². The van der Waals surface area contributed by atoms with Gasteiger partial charge in [0.1, 0.15) is 5.69 Å². The van der Waals surface area contributed by atoms with Gasteiger partial charge < -0.3 is 10.3 Å². The summed E-state index contributed by atoms with van der Waals surface area (Å²) in [5.74, 6) is 0.867. The molecule has 3 aromatic rings. The SMILES string of the molecule is Nc1cccc(/C=C/c2nc(-c3ccc(Br)cn3)no2)c1. The zero-order valence-electron chi connectivity index (χ0n) is 10.9. The summed E-state index contributed by atoms with van der Waals surface area (Å²) in [6.45, 7) is 0. The molecule has 3 rings (SSSR count). The zero-order valence-corrected chi connectivity index (χ0v) is 12.5. The minimum atomic E-state index is 0.414. The predicted molar refractivity (Wildman–Crippen MR) is 85.0 cm³/mol. The van der Waals surface area contributed by atoms with E-state index in [9.17, 15) is 0 Å². The van der Waals surface area contributed by atoms with Crippen molar-refractivity contribution in [2.75, 3.05) is 5.73 Å². The number of rotatable bonds is 3. The third-order valence-electron chi connectivity index (χ3n) is 2.73. The second-order valence-electron chi connectivity index (χ2n) is 4.32. The first-order valence-corrected chi connectivity index (χ1v) is 6.99. The van der Waals surface area contributed by atoms with Gasteiger partial charge in [0.25, 0.3) is 5.89 Å². The Balaban J connectivity index is 1.80. The minimum Gasteiger partial charge on any atom is -0.399 e. The van der Waals surface area contributed by atoms with Crippen LogP contribution in [0.3, 0.4) is 0 Å². The fourth-order valence-corrected chi connectivity index (χ4v) is 1.98. The van der Waals surface area contributed by atoms with E-state index in [1.807, 2.05) is 42.5 Å². The average molecular weight is 343 g/mol. The van der Waals surface area contributed by atoms with Crippen LogP contribution in [-0.2, 0) is 0 Å². The highest BCUT2D eigenvalue weighted by molar-refractivity contribution is 9.10. The van der Waals surface area contributed by atoms with Gasteiger partial charge >= 0.3 is 0 Å². The van der Waals surface area contributed by atoms with E-state index in [2.05, 4.69) is 31.1 Å². The van der Waals surface area contributed by atoms with Crippen molar-refractivity contribution in [3.8, 4) is 11.5 Å². The Labute approximate surface area is 129 Å². The molecular formula is C15H11BrN4O. The highest BCUT2D eigenvalue weighted by atomic mass is 79.9. The summed E-state index contributed by atoms with van der Waals surface area (Å²) in [7, 11) is 0. The van der Waals surface area contributed by atoms with E-state index in [0.29, 0.717) is 23.1 Å². The van der Waals surface area contributed by atoms with Gasteiger partial charge in [-0.1, -0.05) is 17.3 Å². The van der Waals surface area contributed by atoms with Crippen LogP contribution in [0.4, 0.5) is 5.69 Å². The number of nitrogens with zero attached hydrogens (tertiary/aromatic N) is 3. The quantitative estimate of drug-likeness (QED) is 0.735. The Morgan fingerprint density at radius 2 is 2.05 bits per heavy atom. The number of halogens is 1. The molecule has 0 aliphatic heterocycles. The highest BCUT2D eigenvalue weighted by Crippen LogP contribution is 2.17. The number of benzene rings is 1. The minimum absolute atomic E-state index is 0.414. The molecule has 6 heteroatoms. The van der Waals surface area contributed by atoms with Crippen LogP contribution in [0.5, 0.6) is 0 Å². The molecule has 0 amide bonds. The first kappa shape index (κ1) is 13.5. The van der Waals surface area contributed by atoms with Crippen LogP contribution >= 0.6 is 15.9 Å². The first-order chi connectivity index (χ1) is 10.2. The van der Waals surface area contributed by atoms with E-state index in [-0.39, 0.29) is 0 Å². The van der Waals surface area contributed by atoms with Crippen molar-refractivity contribution < 1.29 is 4.52 Å². The molecule has 0 unspecified atom stereocenters. The van der Waals surface area contributed by atoms with Crippen LogP contribution < -0.4 is 5.73 Å². The maximum atomic E-state index is 5.72. The summed E-state index contributed by atoms with van der Waals surface area (Å²) >= 11 is 3.33. The molecule has 0 atom stereocenters. The molecule has 0 aliphatic rings. The van der Waals surface area contributed by atoms with Crippen molar-refractivity contribution >= 4 is 33.8 Å². The summed E-state index contributed by atoms with van der Waals surface area (Å²) in [4.78, 5) is 8.49. The fraction of sp³-hybridized carbons (Fsp3) is 0. The monoisotopic (exact) mass is 342 g/mol. The summed E-state index contributed by atoms with van der Waals surface area (Å²) in [6, 6.07) is 11.2. The molecule has 21 heavy (non-hydrogen) atoms. The molecule has 0 bridgehead atoms. The molecule has 2 aromatic heterocycles. The molecule has 5 nitrogen and oxygen atoms in total. The number of aromatic nitrogens is 3. The van der Waals surface area contributed by atoms with Crippen molar-refractivity contribution in [3.63, 3.8) is 0 Å². The van der Waals surface area contributed by atoms with Gasteiger partial charge in [0.2, 0.25) is 5.82 Å². The Bertz CT molecular complexity index is 780. The molecule has 0 spiro atoms. The second-order valence-corrected chi connectivity index (χ2v) is 5.24. The van der Waals surface area contributed by atoms with Crippen LogP contribution in [0.2, 0.25) is 0 Å². The maximum Gasteiger partial charge on any atom is 0.251 e. The van der Waals surface area contributed by atoms with Crippen LogP contribution in [0.1, 0.15) is 11.5 Å². The predicted octanol–water partition coefficient (Wildman–Crippen LogP) is 3.65. The van der Waals surface area contributed by atoms with Gasteiger partial charge in [-0.25, -0.2) is 0 Å². The average Bonchev–Trinajstić information content (AvgIpc) is 2.95. The number of nitrogens with two attached hydrogens (primary N) is 1. The van der Waals surface area contributed by atoms with Crippen molar-refractivity contribution in [2.24, 2.45) is 0 Å². The molecule has 0 radical (unpaired) electrons. The fourth-order valence-electron chi connectivity index (χ4n) is 1.75. The topological polar surface area (TPSA) is 77.8 Å². The number of pyridine rings is 1. The molecule has 0 fully saturated rings. The summed E-state index contributed by atoms with van der Waals surface area (Å²) in [6.07, 6.45) is 5.29. The Morgan fingerprint density at radius 3 is 2.81 bits per heavy atom. The van der Waals surface area contributed by atoms with Crippen molar-refractivity contribution in [2.45, 2.75) is 0 Å². The lowest BCUT2D eigenvalue weighted by atomic mass is 10.2.